The minimum Gasteiger partial charge on any atom is -0.347 e. The lowest BCUT2D eigenvalue weighted by molar-refractivity contribution is -0.134. The van der Waals surface area contributed by atoms with Crippen molar-refractivity contribution >= 4 is 17.8 Å². The maximum atomic E-state index is 12.1. The second-order valence-electron chi connectivity index (χ2n) is 7.08. The van der Waals surface area contributed by atoms with E-state index < -0.39 is 23.4 Å². The Morgan fingerprint density at radius 3 is 2.64 bits per heavy atom. The monoisotopic (exact) mass is 345 g/mol. The number of carbonyl (C=O) groups is 3. The zero-order valence-corrected chi connectivity index (χ0v) is 14.8. The number of aromatic nitrogens is 2. The van der Waals surface area contributed by atoms with E-state index in [1.165, 1.54) is 5.56 Å². The summed E-state index contributed by atoms with van der Waals surface area (Å²) in [6.07, 6.45) is 4.24. The van der Waals surface area contributed by atoms with Gasteiger partial charge in [-0.3, -0.25) is 14.5 Å². The normalized spacial score (nSPS) is 18.8. The minimum atomic E-state index is -0.976. The molecule has 2 N–H and O–H groups in total. The van der Waals surface area contributed by atoms with Crippen LogP contribution in [0.4, 0.5) is 4.79 Å². The van der Waals surface area contributed by atoms with E-state index in [1.54, 1.807) is 13.8 Å². The van der Waals surface area contributed by atoms with Gasteiger partial charge in [0.2, 0.25) is 5.91 Å². The number of fused-ring (bicyclic) bond motifs is 1. The molecule has 2 aliphatic rings. The summed E-state index contributed by atoms with van der Waals surface area (Å²) < 4.78 is 0. The standard InChI is InChI=1S/C17H23N5O3/c1-10-11-6-4-5-7-12(11)20-13(19-10)8-18-14(23)9-22-15(24)17(2,3)21-16(22)25/h4-9H2,1-3H3,(H,18,23)(H,21,25). The molecule has 0 atom stereocenters. The summed E-state index contributed by atoms with van der Waals surface area (Å²) in [5.74, 6) is -0.266. The summed E-state index contributed by atoms with van der Waals surface area (Å²) in [6.45, 7) is 5.05. The molecular weight excluding hydrogens is 322 g/mol. The SMILES string of the molecule is Cc1nc(CNC(=O)CN2C(=O)NC(C)(C)C2=O)nc2c1CCCC2. The Kier molecular flexibility index (Phi) is 4.45. The van der Waals surface area contributed by atoms with Crippen LogP contribution in [-0.2, 0) is 29.0 Å². The fourth-order valence-electron chi connectivity index (χ4n) is 3.26. The number of nitrogens with one attached hydrogen (secondary N) is 2. The fraction of sp³-hybridized carbons (Fsp3) is 0.588. The summed E-state index contributed by atoms with van der Waals surface area (Å²) in [6, 6.07) is -0.550. The van der Waals surface area contributed by atoms with Gasteiger partial charge in [-0.05, 0) is 52.0 Å². The van der Waals surface area contributed by atoms with Crippen LogP contribution in [0.1, 0.15) is 49.5 Å². The van der Waals surface area contributed by atoms with E-state index in [-0.39, 0.29) is 13.1 Å². The van der Waals surface area contributed by atoms with E-state index in [4.69, 9.17) is 0 Å². The van der Waals surface area contributed by atoms with Crippen molar-refractivity contribution in [2.75, 3.05) is 6.54 Å². The zero-order chi connectivity index (χ0) is 18.2. The van der Waals surface area contributed by atoms with Crippen LogP contribution in [0, 0.1) is 6.92 Å². The van der Waals surface area contributed by atoms with Crippen molar-refractivity contribution in [3.63, 3.8) is 0 Å². The molecule has 1 aromatic rings. The van der Waals surface area contributed by atoms with Crippen LogP contribution in [-0.4, -0.2) is 44.8 Å². The Balaban J connectivity index is 1.61. The molecule has 1 fully saturated rings. The lowest BCUT2D eigenvalue weighted by atomic mass is 9.95. The molecule has 4 amide bonds. The Hall–Kier alpha value is -2.51. The molecule has 134 valence electrons. The lowest BCUT2D eigenvalue weighted by Crippen LogP contribution is -2.43. The molecule has 25 heavy (non-hydrogen) atoms. The summed E-state index contributed by atoms with van der Waals surface area (Å²) in [4.78, 5) is 45.9. The predicted octanol–water partition coefficient (Wildman–Crippen LogP) is 0.610. The maximum absolute atomic E-state index is 12.1. The molecule has 1 aromatic heterocycles. The van der Waals surface area contributed by atoms with Gasteiger partial charge in [0, 0.05) is 11.4 Å². The third-order valence-corrected chi connectivity index (χ3v) is 4.63. The largest absolute Gasteiger partial charge is 0.347 e. The van der Waals surface area contributed by atoms with Crippen LogP contribution >= 0.6 is 0 Å². The Morgan fingerprint density at radius 1 is 1.24 bits per heavy atom. The van der Waals surface area contributed by atoms with Gasteiger partial charge in [-0.2, -0.15) is 0 Å². The quantitative estimate of drug-likeness (QED) is 0.778. The van der Waals surface area contributed by atoms with E-state index in [0.717, 1.165) is 42.0 Å². The highest BCUT2D eigenvalue weighted by atomic mass is 16.2. The van der Waals surface area contributed by atoms with Crippen LogP contribution in [0.2, 0.25) is 0 Å². The average Bonchev–Trinajstić information content (AvgIpc) is 2.75. The van der Waals surface area contributed by atoms with Crippen molar-refractivity contribution in [3.8, 4) is 0 Å². The fourth-order valence-corrected chi connectivity index (χ4v) is 3.26. The first-order valence-corrected chi connectivity index (χ1v) is 8.54. The van der Waals surface area contributed by atoms with Crippen LogP contribution in [0.5, 0.6) is 0 Å². The molecule has 1 saturated heterocycles. The smallest absolute Gasteiger partial charge is 0.325 e. The molecule has 0 spiro atoms. The van der Waals surface area contributed by atoms with Crippen LogP contribution < -0.4 is 10.6 Å². The van der Waals surface area contributed by atoms with E-state index in [1.807, 2.05) is 6.92 Å². The van der Waals surface area contributed by atoms with Crippen molar-refractivity contribution < 1.29 is 14.4 Å². The number of hydrogen-bond donors (Lipinski definition) is 2. The molecule has 2 heterocycles. The van der Waals surface area contributed by atoms with Crippen molar-refractivity contribution in [2.24, 2.45) is 0 Å². The number of amides is 4. The highest BCUT2D eigenvalue weighted by molar-refractivity contribution is 6.08. The molecule has 0 saturated carbocycles. The van der Waals surface area contributed by atoms with Crippen molar-refractivity contribution in [3.05, 3.63) is 22.8 Å². The molecule has 1 aliphatic heterocycles. The summed E-state index contributed by atoms with van der Waals surface area (Å²) >= 11 is 0. The number of carbonyl (C=O) groups excluding carboxylic acids is 3. The first kappa shape index (κ1) is 17.3. The van der Waals surface area contributed by atoms with Gasteiger partial charge in [0.15, 0.2) is 0 Å². The molecule has 0 bridgehead atoms. The van der Waals surface area contributed by atoms with E-state index in [9.17, 15) is 14.4 Å². The van der Waals surface area contributed by atoms with Crippen molar-refractivity contribution in [1.82, 2.24) is 25.5 Å². The molecule has 0 unspecified atom stereocenters. The number of urea groups is 1. The second kappa shape index (κ2) is 6.42. The number of hydrogen-bond acceptors (Lipinski definition) is 5. The Morgan fingerprint density at radius 2 is 1.96 bits per heavy atom. The van der Waals surface area contributed by atoms with Gasteiger partial charge in [-0.15, -0.1) is 0 Å². The summed E-state index contributed by atoms with van der Waals surface area (Å²) in [7, 11) is 0. The first-order chi connectivity index (χ1) is 11.8. The second-order valence-corrected chi connectivity index (χ2v) is 7.08. The van der Waals surface area contributed by atoms with Gasteiger partial charge in [-0.1, -0.05) is 0 Å². The van der Waals surface area contributed by atoms with Crippen LogP contribution in [0.3, 0.4) is 0 Å². The average molecular weight is 345 g/mol. The van der Waals surface area contributed by atoms with Crippen LogP contribution in [0.25, 0.3) is 0 Å². The first-order valence-electron chi connectivity index (χ1n) is 8.54. The predicted molar refractivity (Wildman–Crippen MR) is 89.6 cm³/mol. The molecule has 8 nitrogen and oxygen atoms in total. The number of nitrogens with zero attached hydrogens (tertiary/aromatic N) is 3. The van der Waals surface area contributed by atoms with Crippen molar-refractivity contribution in [2.45, 2.75) is 58.5 Å². The number of rotatable bonds is 4. The highest BCUT2D eigenvalue weighted by Gasteiger charge is 2.44. The van der Waals surface area contributed by atoms with Gasteiger partial charge in [0.25, 0.3) is 5.91 Å². The molecule has 3 rings (SSSR count). The molecule has 8 heteroatoms. The van der Waals surface area contributed by atoms with Crippen LogP contribution in [0.15, 0.2) is 0 Å². The highest BCUT2D eigenvalue weighted by Crippen LogP contribution is 2.21. The van der Waals surface area contributed by atoms with E-state index in [0.29, 0.717) is 5.82 Å². The third-order valence-electron chi connectivity index (χ3n) is 4.63. The Labute approximate surface area is 146 Å². The van der Waals surface area contributed by atoms with Gasteiger partial charge in [0.1, 0.15) is 17.9 Å². The molecule has 0 radical (unpaired) electrons. The van der Waals surface area contributed by atoms with Gasteiger partial charge in [0.05, 0.1) is 6.54 Å². The van der Waals surface area contributed by atoms with Crippen molar-refractivity contribution in [1.29, 1.82) is 0 Å². The maximum Gasteiger partial charge on any atom is 0.325 e. The van der Waals surface area contributed by atoms with Gasteiger partial charge >= 0.3 is 6.03 Å². The molecule has 0 aromatic carbocycles. The summed E-state index contributed by atoms with van der Waals surface area (Å²) in [5.41, 5.74) is 2.28. The molecular formula is C17H23N5O3. The lowest BCUT2D eigenvalue weighted by Gasteiger charge is -2.18. The molecule has 1 aliphatic carbocycles. The van der Waals surface area contributed by atoms with Gasteiger partial charge in [-0.25, -0.2) is 14.8 Å². The number of aryl methyl sites for hydroxylation is 2. The van der Waals surface area contributed by atoms with E-state index >= 15 is 0 Å². The topological polar surface area (TPSA) is 104 Å². The Bertz CT molecular complexity index is 744. The summed E-state index contributed by atoms with van der Waals surface area (Å²) in [5, 5.41) is 5.24. The van der Waals surface area contributed by atoms with Gasteiger partial charge < -0.3 is 10.6 Å². The number of imide groups is 1. The third kappa shape index (κ3) is 3.47. The zero-order valence-electron chi connectivity index (χ0n) is 14.8. The van der Waals surface area contributed by atoms with E-state index in [2.05, 4.69) is 20.6 Å². The minimum absolute atomic E-state index is 0.181.